The second-order valence-electron chi connectivity index (χ2n) is 4.83. The van der Waals surface area contributed by atoms with Crippen LogP contribution in [0.1, 0.15) is 37.2 Å². The zero-order valence-electron chi connectivity index (χ0n) is 13.2. The Morgan fingerprint density at radius 3 is 2.29 bits per heavy atom. The Kier molecular flexibility index (Phi) is 9.78. The van der Waals surface area contributed by atoms with Crippen LogP contribution in [-0.2, 0) is 20.8 Å². The van der Waals surface area contributed by atoms with E-state index in [2.05, 4.69) is 6.92 Å². The summed E-state index contributed by atoms with van der Waals surface area (Å²) in [5.41, 5.74) is 0.721. The monoisotopic (exact) mass is 297 g/mol. The molecule has 0 aliphatic heterocycles. The van der Waals surface area contributed by atoms with E-state index >= 15 is 0 Å². The van der Waals surface area contributed by atoms with Crippen LogP contribution in [0.4, 0.5) is 0 Å². The molecule has 0 saturated carbocycles. The summed E-state index contributed by atoms with van der Waals surface area (Å²) in [7, 11) is 0. The number of ether oxygens (including phenoxy) is 3. The minimum atomic E-state index is 0.0754. The van der Waals surface area contributed by atoms with Gasteiger partial charge in [0.15, 0.2) is 5.78 Å². The van der Waals surface area contributed by atoms with Crippen molar-refractivity contribution in [3.63, 3.8) is 0 Å². The lowest BCUT2D eigenvalue weighted by atomic mass is 10.3. The highest BCUT2D eigenvalue weighted by Gasteiger charge is 2.04. The minimum absolute atomic E-state index is 0.0754. The summed E-state index contributed by atoms with van der Waals surface area (Å²) in [6.07, 6.45) is 4.15. The molecule has 0 atom stereocenters. The molecule has 0 unspecified atom stereocenters. The number of unbranched alkanes of at least 4 members (excludes halogenated alkanes) is 1. The summed E-state index contributed by atoms with van der Waals surface area (Å²) >= 11 is 0. The summed E-state index contributed by atoms with van der Waals surface area (Å²) in [5.74, 6) is 0.0754. The molecule has 120 valence electrons. The molecular formula is C16H27NO4. The maximum absolute atomic E-state index is 11.3. The van der Waals surface area contributed by atoms with Gasteiger partial charge in [-0.1, -0.05) is 13.3 Å². The first-order valence-corrected chi connectivity index (χ1v) is 7.65. The van der Waals surface area contributed by atoms with Crippen molar-refractivity contribution < 1.29 is 19.0 Å². The zero-order chi connectivity index (χ0) is 15.3. The molecule has 21 heavy (non-hydrogen) atoms. The second-order valence-corrected chi connectivity index (χ2v) is 4.83. The van der Waals surface area contributed by atoms with Gasteiger partial charge < -0.3 is 18.8 Å². The Morgan fingerprint density at radius 2 is 1.67 bits per heavy atom. The van der Waals surface area contributed by atoms with E-state index in [1.54, 1.807) is 6.92 Å². The highest BCUT2D eigenvalue weighted by atomic mass is 16.5. The lowest BCUT2D eigenvalue weighted by Crippen LogP contribution is -2.13. The van der Waals surface area contributed by atoms with Gasteiger partial charge in [0.25, 0.3) is 0 Å². The summed E-state index contributed by atoms with van der Waals surface area (Å²) in [6.45, 7) is 8.17. The summed E-state index contributed by atoms with van der Waals surface area (Å²) in [6, 6.07) is 3.70. The Balaban J connectivity index is 1.93. The predicted octanol–water partition coefficient (Wildman–Crippen LogP) is 2.54. The van der Waals surface area contributed by atoms with Gasteiger partial charge in [-0.05, 0) is 18.6 Å². The molecule has 0 radical (unpaired) electrons. The number of aromatic nitrogens is 1. The average Bonchev–Trinajstić information content (AvgIpc) is 2.93. The van der Waals surface area contributed by atoms with Crippen molar-refractivity contribution in [2.45, 2.75) is 33.2 Å². The van der Waals surface area contributed by atoms with Gasteiger partial charge in [0.05, 0.1) is 38.7 Å². The standard InChI is InChI=1S/C16H27NO4/c1-3-4-9-19-11-13-21-14-12-20-10-8-17-7-5-6-16(17)15(2)18/h5-7H,3-4,8-14H2,1-2H3. The molecule has 0 spiro atoms. The highest BCUT2D eigenvalue weighted by molar-refractivity contribution is 5.92. The lowest BCUT2D eigenvalue weighted by Gasteiger charge is -2.09. The molecule has 0 fully saturated rings. The van der Waals surface area contributed by atoms with Crippen LogP contribution in [0.15, 0.2) is 18.3 Å². The number of rotatable bonds is 13. The first-order valence-electron chi connectivity index (χ1n) is 7.65. The van der Waals surface area contributed by atoms with E-state index in [0.29, 0.717) is 39.6 Å². The van der Waals surface area contributed by atoms with Gasteiger partial charge in [0.1, 0.15) is 0 Å². The fourth-order valence-corrected chi connectivity index (χ4v) is 1.88. The molecule has 0 aromatic carbocycles. The number of ketones is 1. The molecule has 1 aromatic heterocycles. The van der Waals surface area contributed by atoms with Crippen molar-refractivity contribution in [3.8, 4) is 0 Å². The van der Waals surface area contributed by atoms with Crippen molar-refractivity contribution in [3.05, 3.63) is 24.0 Å². The quantitative estimate of drug-likeness (QED) is 0.415. The van der Waals surface area contributed by atoms with Crippen LogP contribution in [0.5, 0.6) is 0 Å². The molecule has 1 rings (SSSR count). The van der Waals surface area contributed by atoms with Gasteiger partial charge in [-0.3, -0.25) is 4.79 Å². The van der Waals surface area contributed by atoms with Gasteiger partial charge in [0, 0.05) is 26.3 Å². The molecule has 5 heteroatoms. The topological polar surface area (TPSA) is 49.7 Å². The van der Waals surface area contributed by atoms with E-state index < -0.39 is 0 Å². The van der Waals surface area contributed by atoms with Gasteiger partial charge in [-0.2, -0.15) is 0 Å². The van der Waals surface area contributed by atoms with E-state index in [4.69, 9.17) is 14.2 Å². The Hall–Kier alpha value is -1.17. The van der Waals surface area contributed by atoms with Crippen LogP contribution in [0.2, 0.25) is 0 Å². The van der Waals surface area contributed by atoms with Crippen LogP contribution in [-0.4, -0.2) is 50.0 Å². The van der Waals surface area contributed by atoms with Gasteiger partial charge in [-0.15, -0.1) is 0 Å². The smallest absolute Gasteiger partial charge is 0.176 e. The Bertz CT molecular complexity index is 389. The Morgan fingerprint density at radius 1 is 1.05 bits per heavy atom. The third-order valence-corrected chi connectivity index (χ3v) is 3.05. The molecule has 1 heterocycles. The first-order chi connectivity index (χ1) is 10.3. The number of carbonyl (C=O) groups excluding carboxylic acids is 1. The van der Waals surface area contributed by atoms with Gasteiger partial charge in [0.2, 0.25) is 0 Å². The van der Waals surface area contributed by atoms with Crippen LogP contribution < -0.4 is 0 Å². The van der Waals surface area contributed by atoms with E-state index in [1.807, 2.05) is 22.9 Å². The third kappa shape index (κ3) is 7.99. The summed E-state index contributed by atoms with van der Waals surface area (Å²) in [5, 5.41) is 0. The number of Topliss-reactive ketones (excluding diaryl/α,β-unsaturated/α-hetero) is 1. The van der Waals surface area contributed by atoms with Crippen LogP contribution in [0, 0.1) is 0 Å². The maximum atomic E-state index is 11.3. The molecule has 0 aliphatic rings. The number of carbonyl (C=O) groups is 1. The molecule has 0 saturated heterocycles. The molecule has 5 nitrogen and oxygen atoms in total. The molecular weight excluding hydrogens is 270 g/mol. The minimum Gasteiger partial charge on any atom is -0.379 e. The normalized spacial score (nSPS) is 11.0. The van der Waals surface area contributed by atoms with Crippen LogP contribution >= 0.6 is 0 Å². The van der Waals surface area contributed by atoms with Crippen LogP contribution in [0.3, 0.4) is 0 Å². The molecule has 0 amide bonds. The molecule has 0 N–H and O–H groups in total. The summed E-state index contributed by atoms with van der Waals surface area (Å²) < 4.78 is 18.2. The fourth-order valence-electron chi connectivity index (χ4n) is 1.88. The zero-order valence-corrected chi connectivity index (χ0v) is 13.2. The lowest BCUT2D eigenvalue weighted by molar-refractivity contribution is 0.0127. The van der Waals surface area contributed by atoms with Crippen molar-refractivity contribution >= 4 is 5.78 Å². The number of hydrogen-bond acceptors (Lipinski definition) is 4. The Labute approximate surface area is 127 Å². The van der Waals surface area contributed by atoms with E-state index in [1.165, 1.54) is 0 Å². The third-order valence-electron chi connectivity index (χ3n) is 3.05. The molecule has 1 aromatic rings. The number of nitrogens with zero attached hydrogens (tertiary/aromatic N) is 1. The number of hydrogen-bond donors (Lipinski definition) is 0. The average molecular weight is 297 g/mol. The first kappa shape index (κ1) is 17.9. The van der Waals surface area contributed by atoms with Crippen molar-refractivity contribution in [2.24, 2.45) is 0 Å². The highest BCUT2D eigenvalue weighted by Crippen LogP contribution is 2.03. The second kappa shape index (κ2) is 11.5. The fraction of sp³-hybridized carbons (Fsp3) is 0.688. The van der Waals surface area contributed by atoms with E-state index in [-0.39, 0.29) is 5.78 Å². The summed E-state index contributed by atoms with van der Waals surface area (Å²) in [4.78, 5) is 11.3. The SMILES string of the molecule is CCCCOCCOCCOCCn1cccc1C(C)=O. The van der Waals surface area contributed by atoms with Crippen LogP contribution in [0.25, 0.3) is 0 Å². The van der Waals surface area contributed by atoms with E-state index in [0.717, 1.165) is 25.1 Å². The van der Waals surface area contributed by atoms with Crippen molar-refractivity contribution in [1.29, 1.82) is 0 Å². The van der Waals surface area contributed by atoms with Crippen molar-refractivity contribution in [2.75, 3.05) is 39.6 Å². The molecule has 0 aliphatic carbocycles. The van der Waals surface area contributed by atoms with Gasteiger partial charge in [-0.25, -0.2) is 0 Å². The van der Waals surface area contributed by atoms with Crippen molar-refractivity contribution in [1.82, 2.24) is 4.57 Å². The maximum Gasteiger partial charge on any atom is 0.176 e. The van der Waals surface area contributed by atoms with Gasteiger partial charge >= 0.3 is 0 Å². The van der Waals surface area contributed by atoms with E-state index in [9.17, 15) is 4.79 Å². The largest absolute Gasteiger partial charge is 0.379 e. The molecule has 0 bridgehead atoms. The predicted molar refractivity (Wildman–Crippen MR) is 81.8 cm³/mol.